The Labute approximate surface area is 89.8 Å². The first kappa shape index (κ1) is 13.9. The van der Waals surface area contributed by atoms with Crippen molar-refractivity contribution in [1.82, 2.24) is 5.32 Å². The van der Waals surface area contributed by atoms with E-state index in [-0.39, 0.29) is 18.0 Å². The van der Waals surface area contributed by atoms with Gasteiger partial charge in [0.15, 0.2) is 0 Å². The minimum Gasteiger partial charge on any atom is -0.464 e. The van der Waals surface area contributed by atoms with Gasteiger partial charge in [-0.25, -0.2) is 4.79 Å². The third-order valence-electron chi connectivity index (χ3n) is 1.57. The van der Waals surface area contributed by atoms with Crippen molar-refractivity contribution in [3.8, 4) is 0 Å². The summed E-state index contributed by atoms with van der Waals surface area (Å²) in [6, 6.07) is -0.401. The van der Waals surface area contributed by atoms with E-state index in [1.807, 2.05) is 0 Å². The molecule has 1 atom stereocenters. The summed E-state index contributed by atoms with van der Waals surface area (Å²) in [5, 5.41) is 10.6. The molecule has 0 saturated carbocycles. The maximum absolute atomic E-state index is 11.0. The third kappa shape index (κ3) is 6.90. The van der Waals surface area contributed by atoms with Gasteiger partial charge in [0, 0.05) is 12.5 Å². The molecule has 1 fully saturated rings. The number of amides is 1. The van der Waals surface area contributed by atoms with Gasteiger partial charge < -0.3 is 15.2 Å². The normalized spacial score (nSPS) is 19.3. The van der Waals surface area contributed by atoms with Crippen molar-refractivity contribution in [1.29, 1.82) is 0 Å². The number of esters is 1. The van der Waals surface area contributed by atoms with E-state index in [2.05, 4.69) is 5.32 Å². The van der Waals surface area contributed by atoms with Gasteiger partial charge in [-0.1, -0.05) is 0 Å². The second-order valence-corrected chi connectivity index (χ2v) is 3.50. The molecule has 0 bridgehead atoms. The molecule has 2 N–H and O–H groups in total. The van der Waals surface area contributed by atoms with Gasteiger partial charge in [0.25, 0.3) is 0 Å². The third-order valence-corrected chi connectivity index (χ3v) is 1.57. The standard InChI is InChI=1S/C7H11NO3.C3H8O/c1-2-11-7(10)5-3-4-6(9)8-5;1-3(2)4/h5H,2-4H2,1H3,(H,8,9);3-4H,1-2H3/t5-;/m0./s1. The number of carbonyl (C=O) groups is 2. The van der Waals surface area contributed by atoms with Crippen molar-refractivity contribution >= 4 is 11.9 Å². The Morgan fingerprint density at radius 1 is 1.67 bits per heavy atom. The first-order valence-corrected chi connectivity index (χ1v) is 5.11. The van der Waals surface area contributed by atoms with Crippen LogP contribution in [0.2, 0.25) is 0 Å². The Hall–Kier alpha value is -1.10. The van der Waals surface area contributed by atoms with Crippen LogP contribution >= 0.6 is 0 Å². The number of nitrogens with one attached hydrogen (secondary N) is 1. The van der Waals surface area contributed by atoms with Crippen molar-refractivity contribution in [2.45, 2.75) is 45.8 Å². The minimum absolute atomic E-state index is 0.0666. The van der Waals surface area contributed by atoms with E-state index in [4.69, 9.17) is 9.84 Å². The molecule has 5 heteroatoms. The summed E-state index contributed by atoms with van der Waals surface area (Å²) in [5.74, 6) is -0.388. The number of rotatable bonds is 2. The molecule has 0 aliphatic carbocycles. The number of hydrogen-bond donors (Lipinski definition) is 2. The lowest BCUT2D eigenvalue weighted by Crippen LogP contribution is -2.34. The molecule has 1 heterocycles. The van der Waals surface area contributed by atoms with E-state index in [9.17, 15) is 9.59 Å². The first-order chi connectivity index (χ1) is 6.97. The largest absolute Gasteiger partial charge is 0.464 e. The van der Waals surface area contributed by atoms with Crippen LogP contribution in [0.15, 0.2) is 0 Å². The molecule has 0 aromatic rings. The molecule has 1 amide bonds. The lowest BCUT2D eigenvalue weighted by molar-refractivity contribution is -0.145. The van der Waals surface area contributed by atoms with E-state index >= 15 is 0 Å². The average molecular weight is 217 g/mol. The highest BCUT2D eigenvalue weighted by Gasteiger charge is 2.27. The zero-order valence-electron chi connectivity index (χ0n) is 9.45. The molecule has 1 aliphatic heterocycles. The highest BCUT2D eigenvalue weighted by atomic mass is 16.5. The lowest BCUT2D eigenvalue weighted by atomic mass is 10.2. The monoisotopic (exact) mass is 217 g/mol. The van der Waals surface area contributed by atoms with Gasteiger partial charge in [-0.15, -0.1) is 0 Å². The van der Waals surface area contributed by atoms with E-state index in [0.29, 0.717) is 19.4 Å². The molecule has 1 aliphatic rings. The van der Waals surface area contributed by atoms with E-state index in [1.165, 1.54) is 0 Å². The zero-order chi connectivity index (χ0) is 11.8. The number of carbonyl (C=O) groups excluding carboxylic acids is 2. The Morgan fingerprint density at radius 3 is 2.53 bits per heavy atom. The van der Waals surface area contributed by atoms with Gasteiger partial charge in [0.2, 0.25) is 5.91 Å². The summed E-state index contributed by atoms with van der Waals surface area (Å²) in [5.41, 5.74) is 0. The second-order valence-electron chi connectivity index (χ2n) is 3.50. The van der Waals surface area contributed by atoms with Crippen molar-refractivity contribution in [3.05, 3.63) is 0 Å². The predicted octanol–water partition coefficient (Wildman–Crippen LogP) is 0.215. The molecule has 1 saturated heterocycles. The van der Waals surface area contributed by atoms with Crippen molar-refractivity contribution < 1.29 is 19.4 Å². The fourth-order valence-corrected chi connectivity index (χ4v) is 1.03. The van der Waals surface area contributed by atoms with Gasteiger partial charge in [-0.2, -0.15) is 0 Å². The summed E-state index contributed by atoms with van der Waals surface area (Å²) >= 11 is 0. The van der Waals surface area contributed by atoms with Crippen LogP contribution in [0.4, 0.5) is 0 Å². The van der Waals surface area contributed by atoms with Gasteiger partial charge in [0.05, 0.1) is 6.61 Å². The molecule has 1 rings (SSSR count). The average Bonchev–Trinajstić information content (AvgIpc) is 2.51. The molecule has 88 valence electrons. The van der Waals surface area contributed by atoms with Gasteiger partial charge in [-0.3, -0.25) is 4.79 Å². The van der Waals surface area contributed by atoms with Crippen LogP contribution in [0.25, 0.3) is 0 Å². The molecular weight excluding hydrogens is 198 g/mol. The first-order valence-electron chi connectivity index (χ1n) is 5.11. The summed E-state index contributed by atoms with van der Waals surface area (Å²) in [6.07, 6.45) is 0.834. The number of hydrogen-bond acceptors (Lipinski definition) is 4. The summed E-state index contributed by atoms with van der Waals surface area (Å²) < 4.78 is 4.72. The van der Waals surface area contributed by atoms with Crippen LogP contribution < -0.4 is 5.32 Å². The Bertz CT molecular complexity index is 213. The maximum atomic E-state index is 11.0. The van der Waals surface area contributed by atoms with Crippen LogP contribution in [0.5, 0.6) is 0 Å². The van der Waals surface area contributed by atoms with Crippen LogP contribution in [0.1, 0.15) is 33.6 Å². The Balaban J connectivity index is 0.000000423. The van der Waals surface area contributed by atoms with Gasteiger partial charge >= 0.3 is 5.97 Å². The van der Waals surface area contributed by atoms with E-state index in [0.717, 1.165) is 0 Å². The van der Waals surface area contributed by atoms with Crippen LogP contribution in [-0.2, 0) is 14.3 Å². The van der Waals surface area contributed by atoms with Crippen LogP contribution in [-0.4, -0.2) is 35.7 Å². The second kappa shape index (κ2) is 7.23. The molecule has 0 spiro atoms. The summed E-state index contributed by atoms with van der Waals surface area (Å²) in [7, 11) is 0. The van der Waals surface area contributed by atoms with E-state index < -0.39 is 6.04 Å². The highest BCUT2D eigenvalue weighted by Crippen LogP contribution is 2.07. The predicted molar refractivity (Wildman–Crippen MR) is 55.2 cm³/mol. The fraction of sp³-hybridized carbons (Fsp3) is 0.800. The maximum Gasteiger partial charge on any atom is 0.328 e. The van der Waals surface area contributed by atoms with Gasteiger partial charge in [-0.05, 0) is 27.2 Å². The zero-order valence-corrected chi connectivity index (χ0v) is 9.45. The van der Waals surface area contributed by atoms with Crippen molar-refractivity contribution in [3.63, 3.8) is 0 Å². The topological polar surface area (TPSA) is 75.6 Å². The highest BCUT2D eigenvalue weighted by molar-refractivity contribution is 5.87. The molecule has 5 nitrogen and oxygen atoms in total. The van der Waals surface area contributed by atoms with Crippen LogP contribution in [0.3, 0.4) is 0 Å². The SMILES string of the molecule is CC(C)O.CCOC(=O)[C@@H]1CCC(=O)N1. The Kier molecular flexibility index (Phi) is 6.70. The molecular formula is C10H19NO4. The Morgan fingerprint density at radius 2 is 2.20 bits per heavy atom. The number of aliphatic hydroxyl groups is 1. The number of aliphatic hydroxyl groups excluding tert-OH is 1. The quantitative estimate of drug-likeness (QED) is 0.648. The molecule has 0 aromatic heterocycles. The molecule has 0 radical (unpaired) electrons. The fourth-order valence-electron chi connectivity index (χ4n) is 1.03. The molecule has 0 unspecified atom stereocenters. The van der Waals surface area contributed by atoms with Crippen molar-refractivity contribution in [2.24, 2.45) is 0 Å². The van der Waals surface area contributed by atoms with Crippen molar-refractivity contribution in [2.75, 3.05) is 6.61 Å². The number of ether oxygens (including phenoxy) is 1. The molecule has 15 heavy (non-hydrogen) atoms. The van der Waals surface area contributed by atoms with E-state index in [1.54, 1.807) is 20.8 Å². The molecule has 0 aromatic carbocycles. The lowest BCUT2D eigenvalue weighted by Gasteiger charge is -2.07. The van der Waals surface area contributed by atoms with Crippen LogP contribution in [0, 0.1) is 0 Å². The minimum atomic E-state index is -0.401. The summed E-state index contributed by atoms with van der Waals surface area (Å²) in [6.45, 7) is 5.56. The van der Waals surface area contributed by atoms with Gasteiger partial charge in [0.1, 0.15) is 6.04 Å². The smallest absolute Gasteiger partial charge is 0.328 e. The summed E-state index contributed by atoms with van der Waals surface area (Å²) in [4.78, 5) is 21.6.